The van der Waals surface area contributed by atoms with E-state index in [1.54, 1.807) is 4.90 Å². The molecule has 0 spiro atoms. The zero-order valence-corrected chi connectivity index (χ0v) is 14.3. The average Bonchev–Trinajstić information content (AvgIpc) is 2.83. The van der Waals surface area contributed by atoms with E-state index in [1.807, 2.05) is 6.92 Å². The van der Waals surface area contributed by atoms with E-state index < -0.39 is 35.5 Å². The molecule has 0 saturated carbocycles. The lowest BCUT2D eigenvalue weighted by Gasteiger charge is -2.27. The molecule has 138 valence electrons. The number of nitrogens with one attached hydrogen (secondary N) is 1. The van der Waals surface area contributed by atoms with E-state index in [1.165, 1.54) is 6.07 Å². The van der Waals surface area contributed by atoms with Gasteiger partial charge in [0.1, 0.15) is 11.9 Å². The van der Waals surface area contributed by atoms with Crippen molar-refractivity contribution in [3.63, 3.8) is 0 Å². The molecule has 0 aliphatic carbocycles. The molecule has 1 unspecified atom stereocenters. The van der Waals surface area contributed by atoms with Crippen molar-refractivity contribution in [1.82, 2.24) is 10.2 Å². The summed E-state index contributed by atoms with van der Waals surface area (Å²) in [4.78, 5) is 51.1. The second-order valence-corrected chi connectivity index (χ2v) is 6.16. The number of likely N-dealkylation sites (N-methyl/N-ethyl adjacent to an activating group) is 1. The molecule has 2 aliphatic heterocycles. The monoisotopic (exact) mass is 362 g/mol. The van der Waals surface area contributed by atoms with Crippen LogP contribution in [-0.4, -0.2) is 54.2 Å². The maximum absolute atomic E-state index is 14.5. The Kier molecular flexibility index (Phi) is 4.73. The van der Waals surface area contributed by atoms with Gasteiger partial charge in [-0.05, 0) is 25.5 Å². The second-order valence-electron chi connectivity index (χ2n) is 6.16. The molecular formula is C17H19FN4O4. The van der Waals surface area contributed by atoms with Crippen molar-refractivity contribution in [3.05, 3.63) is 29.1 Å². The maximum atomic E-state index is 14.5. The van der Waals surface area contributed by atoms with Crippen LogP contribution < -0.4 is 16.0 Å². The summed E-state index contributed by atoms with van der Waals surface area (Å²) in [5.41, 5.74) is 5.69. The number of piperidine rings is 1. The molecule has 3 N–H and O–H groups in total. The number of rotatable bonds is 5. The number of benzene rings is 1. The molecule has 0 aromatic heterocycles. The van der Waals surface area contributed by atoms with Gasteiger partial charge in [-0.1, -0.05) is 0 Å². The average molecular weight is 362 g/mol. The largest absolute Gasteiger partial charge is 0.368 e. The minimum atomic E-state index is -1.07. The molecule has 2 heterocycles. The number of anilines is 1. The first-order chi connectivity index (χ1) is 12.4. The van der Waals surface area contributed by atoms with Crippen molar-refractivity contribution in [2.24, 2.45) is 5.73 Å². The van der Waals surface area contributed by atoms with Gasteiger partial charge in [0.15, 0.2) is 0 Å². The van der Waals surface area contributed by atoms with E-state index in [-0.39, 0.29) is 29.7 Å². The molecule has 0 radical (unpaired) electrons. The van der Waals surface area contributed by atoms with Crippen molar-refractivity contribution in [3.8, 4) is 0 Å². The summed E-state index contributed by atoms with van der Waals surface area (Å²) in [7, 11) is 0. The van der Waals surface area contributed by atoms with Crippen LogP contribution >= 0.6 is 0 Å². The zero-order valence-electron chi connectivity index (χ0n) is 14.3. The van der Waals surface area contributed by atoms with Crippen LogP contribution in [0.15, 0.2) is 12.1 Å². The van der Waals surface area contributed by atoms with Crippen LogP contribution in [0, 0.1) is 5.82 Å². The van der Waals surface area contributed by atoms with E-state index in [4.69, 9.17) is 5.73 Å². The zero-order chi connectivity index (χ0) is 19.0. The smallest absolute Gasteiger partial charge is 0.262 e. The fraction of sp³-hybridized carbons (Fsp3) is 0.412. The van der Waals surface area contributed by atoms with Gasteiger partial charge >= 0.3 is 0 Å². The first kappa shape index (κ1) is 18.0. The molecule has 9 heteroatoms. The Balaban J connectivity index is 1.97. The number of nitrogens with two attached hydrogens (primary N) is 1. The molecule has 26 heavy (non-hydrogen) atoms. The molecule has 1 saturated heterocycles. The van der Waals surface area contributed by atoms with Crippen molar-refractivity contribution < 1.29 is 23.6 Å². The second kappa shape index (κ2) is 6.83. The van der Waals surface area contributed by atoms with E-state index in [9.17, 15) is 23.6 Å². The normalized spacial score (nSPS) is 19.7. The van der Waals surface area contributed by atoms with Gasteiger partial charge in [0.2, 0.25) is 11.8 Å². The summed E-state index contributed by atoms with van der Waals surface area (Å²) in [6.07, 6.45) is 0.0866. The quantitative estimate of drug-likeness (QED) is 0.714. The highest BCUT2D eigenvalue weighted by Gasteiger charge is 2.45. The fourth-order valence-corrected chi connectivity index (χ4v) is 3.33. The van der Waals surface area contributed by atoms with E-state index in [2.05, 4.69) is 5.32 Å². The third kappa shape index (κ3) is 2.84. The van der Waals surface area contributed by atoms with Crippen molar-refractivity contribution >= 4 is 29.3 Å². The fourth-order valence-electron chi connectivity index (χ4n) is 3.33. The number of carbonyl (C=O) groups is 4. The number of hydrogen-bond donors (Lipinski definition) is 2. The molecule has 2 aliphatic rings. The van der Waals surface area contributed by atoms with E-state index in [0.717, 1.165) is 11.0 Å². The van der Waals surface area contributed by atoms with Gasteiger partial charge in [-0.15, -0.1) is 0 Å². The van der Waals surface area contributed by atoms with Gasteiger partial charge in [0.05, 0.1) is 16.8 Å². The van der Waals surface area contributed by atoms with Crippen molar-refractivity contribution in [2.75, 3.05) is 24.5 Å². The minimum absolute atomic E-state index is 0.0313. The predicted molar refractivity (Wildman–Crippen MR) is 90.0 cm³/mol. The Labute approximate surface area is 149 Å². The highest BCUT2D eigenvalue weighted by molar-refractivity contribution is 6.23. The number of hydrogen-bond acceptors (Lipinski definition) is 6. The number of halogens is 1. The number of imide groups is 2. The summed E-state index contributed by atoms with van der Waals surface area (Å²) >= 11 is 0. The highest BCUT2D eigenvalue weighted by Crippen LogP contribution is 2.32. The summed E-state index contributed by atoms with van der Waals surface area (Å²) < 4.78 is 14.5. The molecule has 3 rings (SSSR count). The van der Waals surface area contributed by atoms with Crippen LogP contribution in [0.4, 0.5) is 10.1 Å². The summed E-state index contributed by atoms with van der Waals surface area (Å²) in [5.74, 6) is -3.17. The topological polar surface area (TPSA) is 113 Å². The Hall–Kier alpha value is -2.81. The molecule has 4 amide bonds. The SMILES string of the molecule is CCN(CCN)c1cc2c(cc1F)C(=O)N(C1CCC(=O)NC1=O)C2=O. The first-order valence-electron chi connectivity index (χ1n) is 8.39. The lowest BCUT2D eigenvalue weighted by atomic mass is 10.0. The maximum Gasteiger partial charge on any atom is 0.262 e. The van der Waals surface area contributed by atoms with Gasteiger partial charge in [-0.2, -0.15) is 0 Å². The summed E-state index contributed by atoms with van der Waals surface area (Å²) in [6, 6.07) is 1.28. The third-order valence-corrected chi connectivity index (χ3v) is 4.63. The Morgan fingerprint density at radius 2 is 1.88 bits per heavy atom. The Morgan fingerprint density at radius 3 is 2.46 bits per heavy atom. The van der Waals surface area contributed by atoms with Crippen LogP contribution in [0.1, 0.15) is 40.5 Å². The highest BCUT2D eigenvalue weighted by atomic mass is 19.1. The van der Waals surface area contributed by atoms with Crippen LogP contribution in [0.25, 0.3) is 0 Å². The van der Waals surface area contributed by atoms with Gasteiger partial charge in [-0.3, -0.25) is 29.4 Å². The van der Waals surface area contributed by atoms with Crippen LogP contribution in [-0.2, 0) is 9.59 Å². The molecule has 1 aromatic rings. The van der Waals surface area contributed by atoms with Crippen LogP contribution in [0.3, 0.4) is 0 Å². The number of nitrogens with zero attached hydrogens (tertiary/aromatic N) is 2. The van der Waals surface area contributed by atoms with E-state index in [0.29, 0.717) is 19.6 Å². The van der Waals surface area contributed by atoms with Crippen LogP contribution in [0.2, 0.25) is 0 Å². The van der Waals surface area contributed by atoms with Gasteiger partial charge in [0.25, 0.3) is 11.8 Å². The molecular weight excluding hydrogens is 343 g/mol. The number of carbonyl (C=O) groups excluding carboxylic acids is 4. The molecule has 1 aromatic carbocycles. The first-order valence-corrected chi connectivity index (χ1v) is 8.39. The van der Waals surface area contributed by atoms with Gasteiger partial charge < -0.3 is 10.6 Å². The molecule has 1 atom stereocenters. The number of fused-ring (bicyclic) bond motifs is 1. The van der Waals surface area contributed by atoms with Crippen molar-refractivity contribution in [2.45, 2.75) is 25.8 Å². The van der Waals surface area contributed by atoms with Crippen LogP contribution in [0.5, 0.6) is 0 Å². The standard InChI is InChI=1S/C17H19FN4O4/c1-2-21(6-5-19)13-8-10-9(7-11(13)18)16(25)22(17(10)26)12-3-4-14(23)20-15(12)24/h7-8,12H,2-6,19H2,1H3,(H,20,23,24). The van der Waals surface area contributed by atoms with Gasteiger partial charge in [0, 0.05) is 26.1 Å². The summed E-state index contributed by atoms with van der Waals surface area (Å²) in [6.45, 7) is 3.00. The molecule has 8 nitrogen and oxygen atoms in total. The number of amides is 4. The van der Waals surface area contributed by atoms with Crippen molar-refractivity contribution in [1.29, 1.82) is 0 Å². The minimum Gasteiger partial charge on any atom is -0.368 e. The lowest BCUT2D eigenvalue weighted by Crippen LogP contribution is -2.54. The van der Waals surface area contributed by atoms with E-state index >= 15 is 0 Å². The third-order valence-electron chi connectivity index (χ3n) is 4.63. The van der Waals surface area contributed by atoms with Gasteiger partial charge in [-0.25, -0.2) is 4.39 Å². The Morgan fingerprint density at radius 1 is 1.23 bits per heavy atom. The Bertz CT molecular complexity index is 810. The molecule has 1 fully saturated rings. The predicted octanol–water partition coefficient (Wildman–Crippen LogP) is 0.0119. The molecule has 0 bridgehead atoms. The summed E-state index contributed by atoms with van der Waals surface area (Å²) in [5, 5.41) is 2.12. The lowest BCUT2D eigenvalue weighted by molar-refractivity contribution is -0.136.